The summed E-state index contributed by atoms with van der Waals surface area (Å²) in [6, 6.07) is 0. The van der Waals surface area contributed by atoms with Gasteiger partial charge in [0.2, 0.25) is 0 Å². The second-order valence-corrected chi connectivity index (χ2v) is 5.17. The van der Waals surface area contributed by atoms with Crippen molar-refractivity contribution in [2.24, 2.45) is 5.92 Å². The molecule has 2 atom stereocenters. The van der Waals surface area contributed by atoms with Crippen molar-refractivity contribution in [1.82, 2.24) is 0 Å². The average Bonchev–Trinajstić information content (AvgIpc) is 2.16. The van der Waals surface area contributed by atoms with Crippen molar-refractivity contribution in [3.05, 3.63) is 0 Å². The monoisotopic (exact) mass is 230 g/mol. The summed E-state index contributed by atoms with van der Waals surface area (Å²) in [5.41, 5.74) is -1.68. The summed E-state index contributed by atoms with van der Waals surface area (Å²) in [5.74, 6) is -0.631. The molecule has 0 radical (unpaired) electrons. The fourth-order valence-electron chi connectivity index (χ4n) is 2.16. The molecule has 1 fully saturated rings. The van der Waals surface area contributed by atoms with Crippen LogP contribution in [0.3, 0.4) is 0 Å². The Morgan fingerprint density at radius 3 is 2.75 bits per heavy atom. The Hall–Kier alpha value is -0.610. The zero-order valence-corrected chi connectivity index (χ0v) is 10.6. The highest BCUT2D eigenvalue weighted by molar-refractivity contribution is 5.79. The van der Waals surface area contributed by atoms with E-state index in [9.17, 15) is 9.90 Å². The second kappa shape index (κ2) is 4.72. The molecule has 1 aliphatic rings. The number of hydrogen-bond acceptors (Lipinski definition) is 4. The Morgan fingerprint density at radius 1 is 1.62 bits per heavy atom. The van der Waals surface area contributed by atoms with Crippen molar-refractivity contribution >= 4 is 5.97 Å². The summed E-state index contributed by atoms with van der Waals surface area (Å²) in [5, 5.41) is 10.2. The smallest absolute Gasteiger partial charge is 0.338 e. The Balaban J connectivity index is 2.71. The van der Waals surface area contributed by atoms with Gasteiger partial charge in [-0.3, -0.25) is 0 Å². The Labute approximate surface area is 96.9 Å². The Kier molecular flexibility index (Phi) is 3.97. The number of ether oxygens (including phenoxy) is 2. The van der Waals surface area contributed by atoms with Crippen molar-refractivity contribution in [2.75, 3.05) is 13.2 Å². The van der Waals surface area contributed by atoms with Crippen molar-refractivity contribution < 1.29 is 19.4 Å². The highest BCUT2D eigenvalue weighted by atomic mass is 16.5. The molecule has 1 rings (SSSR count). The molecule has 0 aromatic heterocycles. The van der Waals surface area contributed by atoms with E-state index >= 15 is 0 Å². The first-order valence-corrected chi connectivity index (χ1v) is 5.83. The van der Waals surface area contributed by atoms with Gasteiger partial charge in [0.25, 0.3) is 0 Å². The number of hydrogen-bond donors (Lipinski definition) is 1. The zero-order chi connectivity index (χ0) is 12.4. The van der Waals surface area contributed by atoms with E-state index in [0.717, 1.165) is 0 Å². The van der Waals surface area contributed by atoms with E-state index in [4.69, 9.17) is 9.47 Å². The van der Waals surface area contributed by atoms with Gasteiger partial charge in [-0.2, -0.15) is 0 Å². The fraction of sp³-hybridized carbons (Fsp3) is 0.917. The van der Waals surface area contributed by atoms with Crippen LogP contribution in [0.4, 0.5) is 0 Å². The Bertz CT molecular complexity index is 258. The molecule has 0 bridgehead atoms. The lowest BCUT2D eigenvalue weighted by atomic mass is 9.77. The van der Waals surface area contributed by atoms with Crippen LogP contribution in [0.15, 0.2) is 0 Å². The van der Waals surface area contributed by atoms with Gasteiger partial charge in [-0.05, 0) is 40.5 Å². The van der Waals surface area contributed by atoms with Crippen LogP contribution in [-0.2, 0) is 14.3 Å². The minimum atomic E-state index is -1.41. The van der Waals surface area contributed by atoms with E-state index < -0.39 is 11.6 Å². The van der Waals surface area contributed by atoms with Gasteiger partial charge in [-0.1, -0.05) is 0 Å². The van der Waals surface area contributed by atoms with Gasteiger partial charge in [0.1, 0.15) is 0 Å². The molecule has 0 amide bonds. The van der Waals surface area contributed by atoms with Gasteiger partial charge in [0, 0.05) is 12.5 Å². The van der Waals surface area contributed by atoms with E-state index in [2.05, 4.69) is 0 Å². The summed E-state index contributed by atoms with van der Waals surface area (Å²) in [4.78, 5) is 11.7. The van der Waals surface area contributed by atoms with Crippen molar-refractivity contribution in [2.45, 2.75) is 51.7 Å². The molecule has 0 saturated carbocycles. The van der Waals surface area contributed by atoms with Crippen LogP contribution in [0, 0.1) is 5.92 Å². The maximum Gasteiger partial charge on any atom is 0.338 e. The molecule has 0 spiro atoms. The number of carbonyl (C=O) groups excluding carboxylic acids is 1. The molecule has 1 N–H and O–H groups in total. The van der Waals surface area contributed by atoms with Crippen molar-refractivity contribution in [1.29, 1.82) is 0 Å². The quantitative estimate of drug-likeness (QED) is 0.747. The highest BCUT2D eigenvalue weighted by Gasteiger charge is 2.45. The molecular weight excluding hydrogens is 208 g/mol. The number of rotatable bonds is 3. The Morgan fingerprint density at radius 2 is 2.25 bits per heavy atom. The summed E-state index contributed by atoms with van der Waals surface area (Å²) in [7, 11) is 0. The summed E-state index contributed by atoms with van der Waals surface area (Å²) < 4.78 is 10.5. The van der Waals surface area contributed by atoms with E-state index in [0.29, 0.717) is 26.1 Å². The average molecular weight is 230 g/mol. The molecule has 0 aromatic carbocycles. The molecule has 94 valence electrons. The predicted octanol–water partition coefficient (Wildman–Crippen LogP) is 1.51. The maximum absolute atomic E-state index is 11.7. The van der Waals surface area contributed by atoms with Crippen LogP contribution >= 0.6 is 0 Å². The third kappa shape index (κ3) is 2.95. The SMILES string of the molecule is CCOC(=O)C(C)(O)C1CCOC(C)(C)C1. The van der Waals surface area contributed by atoms with E-state index in [1.807, 2.05) is 13.8 Å². The van der Waals surface area contributed by atoms with Gasteiger partial charge >= 0.3 is 5.97 Å². The summed E-state index contributed by atoms with van der Waals surface area (Å²) >= 11 is 0. The first-order chi connectivity index (χ1) is 7.29. The minimum Gasteiger partial charge on any atom is -0.464 e. The lowest BCUT2D eigenvalue weighted by molar-refractivity contribution is -0.179. The molecule has 1 aliphatic heterocycles. The zero-order valence-electron chi connectivity index (χ0n) is 10.6. The van der Waals surface area contributed by atoms with Crippen LogP contribution in [0.2, 0.25) is 0 Å². The molecular formula is C12H22O4. The third-order valence-electron chi connectivity index (χ3n) is 3.18. The summed E-state index contributed by atoms with van der Waals surface area (Å²) in [6.07, 6.45) is 1.36. The lowest BCUT2D eigenvalue weighted by Crippen LogP contribution is -2.50. The topological polar surface area (TPSA) is 55.8 Å². The maximum atomic E-state index is 11.7. The standard InChI is InChI=1S/C12H22O4/c1-5-15-10(13)12(4,14)9-6-7-16-11(2,3)8-9/h9,14H,5-8H2,1-4H3. The number of aliphatic hydroxyl groups is 1. The predicted molar refractivity (Wildman–Crippen MR) is 60.0 cm³/mol. The molecule has 4 nitrogen and oxygen atoms in total. The molecule has 1 heterocycles. The number of carbonyl (C=O) groups is 1. The molecule has 1 saturated heterocycles. The van der Waals surface area contributed by atoms with E-state index in [1.165, 1.54) is 6.92 Å². The first kappa shape index (κ1) is 13.5. The van der Waals surface area contributed by atoms with Crippen LogP contribution in [-0.4, -0.2) is 35.5 Å². The van der Waals surface area contributed by atoms with Gasteiger partial charge < -0.3 is 14.6 Å². The molecule has 16 heavy (non-hydrogen) atoms. The van der Waals surface area contributed by atoms with Gasteiger partial charge in [0.05, 0.1) is 12.2 Å². The van der Waals surface area contributed by atoms with Crippen LogP contribution in [0.25, 0.3) is 0 Å². The molecule has 4 heteroatoms. The van der Waals surface area contributed by atoms with Crippen LogP contribution in [0.1, 0.15) is 40.5 Å². The number of esters is 1. The molecule has 0 aliphatic carbocycles. The van der Waals surface area contributed by atoms with Crippen LogP contribution < -0.4 is 0 Å². The largest absolute Gasteiger partial charge is 0.464 e. The fourth-order valence-corrected chi connectivity index (χ4v) is 2.16. The van der Waals surface area contributed by atoms with E-state index in [1.54, 1.807) is 6.92 Å². The highest BCUT2D eigenvalue weighted by Crippen LogP contribution is 2.35. The van der Waals surface area contributed by atoms with Crippen molar-refractivity contribution in [3.63, 3.8) is 0 Å². The first-order valence-electron chi connectivity index (χ1n) is 5.83. The van der Waals surface area contributed by atoms with Crippen molar-refractivity contribution in [3.8, 4) is 0 Å². The molecule has 0 aromatic rings. The molecule has 2 unspecified atom stereocenters. The van der Waals surface area contributed by atoms with E-state index in [-0.39, 0.29) is 11.5 Å². The van der Waals surface area contributed by atoms with Gasteiger partial charge in [0.15, 0.2) is 5.60 Å². The normalized spacial score (nSPS) is 28.2. The van der Waals surface area contributed by atoms with Gasteiger partial charge in [-0.25, -0.2) is 4.79 Å². The minimum absolute atomic E-state index is 0.102. The summed E-state index contributed by atoms with van der Waals surface area (Å²) in [6.45, 7) is 8.09. The third-order valence-corrected chi connectivity index (χ3v) is 3.18. The van der Waals surface area contributed by atoms with Gasteiger partial charge in [-0.15, -0.1) is 0 Å². The lowest BCUT2D eigenvalue weighted by Gasteiger charge is -2.40. The van der Waals surface area contributed by atoms with Crippen LogP contribution in [0.5, 0.6) is 0 Å². The second-order valence-electron chi connectivity index (χ2n) is 5.17.